The Balaban J connectivity index is 0.00000220. The van der Waals surface area contributed by atoms with Crippen molar-refractivity contribution < 1.29 is 9.59 Å². The van der Waals surface area contributed by atoms with Gasteiger partial charge in [0, 0.05) is 31.6 Å². The third kappa shape index (κ3) is 4.58. The van der Waals surface area contributed by atoms with E-state index in [-0.39, 0.29) is 41.7 Å². The van der Waals surface area contributed by atoms with E-state index in [4.69, 9.17) is 5.73 Å². The van der Waals surface area contributed by atoms with Crippen molar-refractivity contribution in [3.63, 3.8) is 0 Å². The van der Waals surface area contributed by atoms with Crippen LogP contribution in [0.15, 0.2) is 0 Å². The van der Waals surface area contributed by atoms with Gasteiger partial charge in [0.15, 0.2) is 0 Å². The summed E-state index contributed by atoms with van der Waals surface area (Å²) in [7, 11) is 0. The third-order valence-corrected chi connectivity index (χ3v) is 4.69. The van der Waals surface area contributed by atoms with Crippen molar-refractivity contribution in [2.45, 2.75) is 64.0 Å². The molecule has 122 valence electrons. The monoisotopic (exact) mass is 317 g/mol. The predicted molar refractivity (Wildman–Crippen MR) is 85.2 cm³/mol. The molecular formula is C15H28ClN3O2. The van der Waals surface area contributed by atoms with Gasteiger partial charge in [-0.2, -0.15) is 0 Å². The maximum Gasteiger partial charge on any atom is 0.227 e. The highest BCUT2D eigenvalue weighted by Gasteiger charge is 2.40. The Bertz CT molecular complexity index is 387. The lowest BCUT2D eigenvalue weighted by molar-refractivity contribution is -0.140. The minimum atomic E-state index is -0.379. The zero-order valence-electron chi connectivity index (χ0n) is 13.1. The van der Waals surface area contributed by atoms with Gasteiger partial charge in [0.1, 0.15) is 0 Å². The van der Waals surface area contributed by atoms with Crippen LogP contribution < -0.4 is 11.1 Å². The second-order valence-electron chi connectivity index (χ2n) is 6.63. The second-order valence-corrected chi connectivity index (χ2v) is 6.63. The normalized spacial score (nSPS) is 33.0. The average molecular weight is 318 g/mol. The Hall–Kier alpha value is -0.810. The summed E-state index contributed by atoms with van der Waals surface area (Å²) in [5.41, 5.74) is 5.95. The van der Waals surface area contributed by atoms with Crippen LogP contribution in [0.1, 0.15) is 52.4 Å². The summed E-state index contributed by atoms with van der Waals surface area (Å²) in [6, 6.07) is 0.0952. The van der Waals surface area contributed by atoms with Crippen LogP contribution in [0.4, 0.5) is 0 Å². The summed E-state index contributed by atoms with van der Waals surface area (Å²) in [6.45, 7) is 4.95. The summed E-state index contributed by atoms with van der Waals surface area (Å²) >= 11 is 0. The molecule has 1 saturated heterocycles. The minimum absolute atomic E-state index is 0. The molecule has 2 amide bonds. The second kappa shape index (κ2) is 7.45. The SMILES string of the molecule is CC(=O)NC1CCCN(C(=O)C2CCCCC2(C)N)C1.Cl. The predicted octanol–water partition coefficient (Wildman–Crippen LogP) is 1.44. The largest absolute Gasteiger partial charge is 0.352 e. The molecule has 5 nitrogen and oxygen atoms in total. The summed E-state index contributed by atoms with van der Waals surface area (Å²) in [6.07, 6.45) is 5.93. The average Bonchev–Trinajstić information content (AvgIpc) is 2.37. The summed E-state index contributed by atoms with van der Waals surface area (Å²) in [5.74, 6) is 0.0997. The number of nitrogens with zero attached hydrogens (tertiary/aromatic N) is 1. The Morgan fingerprint density at radius 3 is 2.57 bits per heavy atom. The van der Waals surface area contributed by atoms with Crippen molar-refractivity contribution in [2.75, 3.05) is 13.1 Å². The van der Waals surface area contributed by atoms with Crippen LogP contribution in [0, 0.1) is 5.92 Å². The molecule has 1 aliphatic carbocycles. The standard InChI is InChI=1S/C15H27N3O2.ClH/c1-11(19)17-12-6-5-9-18(10-12)14(20)13-7-3-4-8-15(13,2)16;/h12-13H,3-10,16H2,1-2H3,(H,17,19);1H. The molecule has 0 aromatic heterocycles. The smallest absolute Gasteiger partial charge is 0.227 e. The molecule has 2 aliphatic rings. The van der Waals surface area contributed by atoms with Gasteiger partial charge in [-0.3, -0.25) is 9.59 Å². The lowest BCUT2D eigenvalue weighted by Crippen LogP contribution is -2.57. The number of carbonyl (C=O) groups is 2. The van der Waals surface area contributed by atoms with Crippen molar-refractivity contribution in [3.8, 4) is 0 Å². The highest BCUT2D eigenvalue weighted by Crippen LogP contribution is 2.33. The van der Waals surface area contributed by atoms with E-state index < -0.39 is 0 Å². The number of hydrogen-bond donors (Lipinski definition) is 2. The highest BCUT2D eigenvalue weighted by atomic mass is 35.5. The fourth-order valence-electron chi connectivity index (χ4n) is 3.57. The van der Waals surface area contributed by atoms with Crippen molar-refractivity contribution in [3.05, 3.63) is 0 Å². The molecular weight excluding hydrogens is 290 g/mol. The van der Waals surface area contributed by atoms with Crippen LogP contribution in [0.25, 0.3) is 0 Å². The molecule has 3 N–H and O–H groups in total. The van der Waals surface area contributed by atoms with Crippen LogP contribution >= 0.6 is 12.4 Å². The van der Waals surface area contributed by atoms with Gasteiger partial charge < -0.3 is 16.0 Å². The number of hydrogen-bond acceptors (Lipinski definition) is 3. The Labute approximate surface area is 133 Å². The first-order valence-corrected chi connectivity index (χ1v) is 7.75. The van der Waals surface area contributed by atoms with Crippen molar-refractivity contribution in [1.82, 2.24) is 10.2 Å². The van der Waals surface area contributed by atoms with Crippen LogP contribution in [0.5, 0.6) is 0 Å². The van der Waals surface area contributed by atoms with Gasteiger partial charge in [-0.1, -0.05) is 12.8 Å². The number of rotatable bonds is 2. The fourth-order valence-corrected chi connectivity index (χ4v) is 3.57. The lowest BCUT2D eigenvalue weighted by atomic mass is 9.74. The van der Waals surface area contributed by atoms with Gasteiger partial charge >= 0.3 is 0 Å². The molecule has 0 spiro atoms. The number of piperidine rings is 1. The zero-order valence-corrected chi connectivity index (χ0v) is 13.9. The van der Waals surface area contributed by atoms with Gasteiger partial charge in [-0.25, -0.2) is 0 Å². The quantitative estimate of drug-likeness (QED) is 0.809. The van der Waals surface area contributed by atoms with Gasteiger partial charge in [0.25, 0.3) is 0 Å². The molecule has 0 aromatic rings. The first kappa shape index (κ1) is 18.2. The van der Waals surface area contributed by atoms with Gasteiger partial charge in [-0.05, 0) is 32.6 Å². The molecule has 1 aliphatic heterocycles. The highest BCUT2D eigenvalue weighted by molar-refractivity contribution is 5.85. The van der Waals surface area contributed by atoms with E-state index in [1.807, 2.05) is 11.8 Å². The Morgan fingerprint density at radius 1 is 1.24 bits per heavy atom. The van der Waals surface area contributed by atoms with Crippen LogP contribution in [0.3, 0.4) is 0 Å². The number of carbonyl (C=O) groups excluding carboxylic acids is 2. The van der Waals surface area contributed by atoms with E-state index in [0.29, 0.717) is 6.54 Å². The number of halogens is 1. The van der Waals surface area contributed by atoms with Crippen LogP contribution in [-0.2, 0) is 9.59 Å². The van der Waals surface area contributed by atoms with Crippen molar-refractivity contribution >= 4 is 24.2 Å². The minimum Gasteiger partial charge on any atom is -0.352 e. The molecule has 0 radical (unpaired) electrons. The molecule has 2 fully saturated rings. The molecule has 0 aromatic carbocycles. The molecule has 2 rings (SSSR count). The molecule has 6 heteroatoms. The Morgan fingerprint density at radius 2 is 1.95 bits per heavy atom. The third-order valence-electron chi connectivity index (χ3n) is 4.69. The van der Waals surface area contributed by atoms with Gasteiger partial charge in [-0.15, -0.1) is 12.4 Å². The van der Waals surface area contributed by atoms with Crippen LogP contribution in [-0.4, -0.2) is 41.4 Å². The first-order chi connectivity index (χ1) is 9.40. The van der Waals surface area contributed by atoms with Crippen molar-refractivity contribution in [1.29, 1.82) is 0 Å². The van der Waals surface area contributed by atoms with Gasteiger partial charge in [0.2, 0.25) is 11.8 Å². The number of likely N-dealkylation sites (tertiary alicyclic amines) is 1. The molecule has 0 bridgehead atoms. The number of nitrogens with one attached hydrogen (secondary N) is 1. The summed E-state index contributed by atoms with van der Waals surface area (Å²) in [4.78, 5) is 25.8. The molecule has 1 heterocycles. The Kier molecular flexibility index (Phi) is 6.47. The summed E-state index contributed by atoms with van der Waals surface area (Å²) in [5, 5.41) is 2.93. The van der Waals surface area contributed by atoms with E-state index in [1.165, 1.54) is 6.92 Å². The van der Waals surface area contributed by atoms with E-state index in [1.54, 1.807) is 0 Å². The number of amides is 2. The number of nitrogens with two attached hydrogens (primary N) is 1. The summed E-state index contributed by atoms with van der Waals surface area (Å²) < 4.78 is 0. The van der Waals surface area contributed by atoms with E-state index in [9.17, 15) is 9.59 Å². The fraction of sp³-hybridized carbons (Fsp3) is 0.867. The van der Waals surface area contributed by atoms with E-state index in [0.717, 1.165) is 45.1 Å². The molecule has 1 saturated carbocycles. The van der Waals surface area contributed by atoms with Crippen LogP contribution in [0.2, 0.25) is 0 Å². The first-order valence-electron chi connectivity index (χ1n) is 7.75. The van der Waals surface area contributed by atoms with E-state index in [2.05, 4.69) is 5.32 Å². The molecule has 3 atom stereocenters. The maximum atomic E-state index is 12.7. The van der Waals surface area contributed by atoms with Crippen molar-refractivity contribution in [2.24, 2.45) is 11.7 Å². The molecule has 21 heavy (non-hydrogen) atoms. The topological polar surface area (TPSA) is 75.4 Å². The molecule has 3 unspecified atom stereocenters. The van der Waals surface area contributed by atoms with Gasteiger partial charge in [0.05, 0.1) is 5.92 Å². The van der Waals surface area contributed by atoms with E-state index >= 15 is 0 Å². The zero-order chi connectivity index (χ0) is 14.8. The maximum absolute atomic E-state index is 12.7. The lowest BCUT2D eigenvalue weighted by Gasteiger charge is -2.42.